The van der Waals surface area contributed by atoms with Gasteiger partial charge in [0.25, 0.3) is 0 Å². The first-order chi connectivity index (χ1) is 31.3. The van der Waals surface area contributed by atoms with Gasteiger partial charge in [0.1, 0.15) is 22.7 Å². The number of para-hydroxylation sites is 5. The number of aromatic nitrogens is 1. The van der Waals surface area contributed by atoms with Crippen LogP contribution in [0.25, 0.3) is 71.3 Å². The van der Waals surface area contributed by atoms with E-state index >= 15 is 0 Å². The van der Waals surface area contributed by atoms with Crippen molar-refractivity contribution < 1.29 is 9.15 Å². The second-order valence-corrected chi connectivity index (χ2v) is 16.8. The van der Waals surface area contributed by atoms with Crippen molar-refractivity contribution in [2.24, 2.45) is 0 Å². The van der Waals surface area contributed by atoms with Gasteiger partial charge in [-0.1, -0.05) is 140 Å². The summed E-state index contributed by atoms with van der Waals surface area (Å²) in [4.78, 5) is 2.45. The first-order valence-corrected chi connectivity index (χ1v) is 21.6. The molecule has 3 heterocycles. The van der Waals surface area contributed by atoms with Gasteiger partial charge in [0, 0.05) is 44.3 Å². The summed E-state index contributed by atoms with van der Waals surface area (Å²) in [7, 11) is 0. The molecule has 1 aliphatic heterocycles. The van der Waals surface area contributed by atoms with Gasteiger partial charge in [-0.2, -0.15) is 0 Å². The van der Waals surface area contributed by atoms with E-state index in [-0.39, 0.29) is 0 Å². The number of benzene rings is 10. The topological polar surface area (TPSA) is 30.5 Å². The van der Waals surface area contributed by atoms with E-state index in [9.17, 15) is 0 Å². The van der Waals surface area contributed by atoms with Gasteiger partial charge in [0.05, 0.1) is 27.5 Å². The number of ether oxygens (including phenoxy) is 1. The van der Waals surface area contributed by atoms with Crippen LogP contribution in [0.5, 0.6) is 11.5 Å². The SMILES string of the molecule is c1ccc(-n2c3ccccc3c3cc(N(c4ccc5c(c4)C4(c6ccccc6Oc6ccccc64)c4cccc6cccc-5c46)c4cccc5oc6ccccc6c45)ccc32)cc1. The van der Waals surface area contributed by atoms with Gasteiger partial charge in [-0.3, -0.25) is 0 Å². The molecule has 0 saturated carbocycles. The number of furan rings is 1. The fraction of sp³-hybridized carbons (Fsp3) is 0.0169. The van der Waals surface area contributed by atoms with Gasteiger partial charge in [-0.05, 0) is 112 Å². The largest absolute Gasteiger partial charge is 0.457 e. The number of rotatable bonds is 4. The third-order valence-electron chi connectivity index (χ3n) is 13.6. The molecule has 10 aromatic carbocycles. The molecule has 0 bridgehead atoms. The van der Waals surface area contributed by atoms with Crippen LogP contribution in [0.4, 0.5) is 17.1 Å². The molecule has 2 aromatic heterocycles. The third kappa shape index (κ3) is 4.64. The van der Waals surface area contributed by atoms with Crippen molar-refractivity contribution in [3.8, 4) is 28.3 Å². The third-order valence-corrected chi connectivity index (χ3v) is 13.6. The summed E-state index contributed by atoms with van der Waals surface area (Å²) < 4.78 is 15.7. The molecule has 294 valence electrons. The maximum Gasteiger partial charge on any atom is 0.137 e. The molecule has 0 saturated heterocycles. The Bertz CT molecular complexity index is 3810. The van der Waals surface area contributed by atoms with Gasteiger partial charge in [-0.15, -0.1) is 0 Å². The lowest BCUT2D eigenvalue weighted by atomic mass is 9.58. The Balaban J connectivity index is 1.11. The van der Waals surface area contributed by atoms with Crippen molar-refractivity contribution in [2.45, 2.75) is 5.41 Å². The molecule has 4 heteroatoms. The van der Waals surface area contributed by atoms with Crippen molar-refractivity contribution in [3.63, 3.8) is 0 Å². The second-order valence-electron chi connectivity index (χ2n) is 16.8. The van der Waals surface area contributed by atoms with Crippen LogP contribution >= 0.6 is 0 Å². The van der Waals surface area contributed by atoms with Gasteiger partial charge in [0.2, 0.25) is 0 Å². The molecule has 12 aromatic rings. The quantitative estimate of drug-likeness (QED) is 0.178. The zero-order valence-electron chi connectivity index (χ0n) is 34.0. The number of nitrogens with zero attached hydrogens (tertiary/aromatic N) is 2. The highest BCUT2D eigenvalue weighted by atomic mass is 16.5. The maximum absolute atomic E-state index is 6.79. The molecule has 2 aliphatic rings. The molecule has 1 aliphatic carbocycles. The Morgan fingerprint density at radius 3 is 1.87 bits per heavy atom. The second kappa shape index (κ2) is 12.8. The van der Waals surface area contributed by atoms with E-state index in [1.165, 1.54) is 49.3 Å². The van der Waals surface area contributed by atoms with Gasteiger partial charge < -0.3 is 18.6 Å². The summed E-state index contributed by atoms with van der Waals surface area (Å²) in [5, 5.41) is 7.04. The zero-order chi connectivity index (χ0) is 41.2. The minimum absolute atomic E-state index is 0.683. The first kappa shape index (κ1) is 34.4. The smallest absolute Gasteiger partial charge is 0.137 e. The molecule has 63 heavy (non-hydrogen) atoms. The normalized spacial score (nSPS) is 13.3. The monoisotopic (exact) mass is 804 g/mol. The Hall–Kier alpha value is -8.34. The first-order valence-electron chi connectivity index (χ1n) is 21.6. The van der Waals surface area contributed by atoms with E-state index in [2.05, 4.69) is 222 Å². The standard InChI is InChI=1S/C59H36N2O2/c1-2-17-38(18-3-1)61-50-25-8-4-19-42(50)45-35-39(32-34-51(45)61)60(52-26-14-30-56-58(52)44-20-5-9-27-53(44)62-56)40-31-33-41-43-21-12-15-37-16-13-24-48(57(37)43)59(49(41)36-40)46-22-6-10-28-54(46)63-55-29-11-7-23-47(55)59/h1-36H. The number of hydrogen-bond acceptors (Lipinski definition) is 3. The summed E-state index contributed by atoms with van der Waals surface area (Å²) >= 11 is 0. The molecule has 0 atom stereocenters. The highest BCUT2D eigenvalue weighted by Gasteiger charge is 2.49. The van der Waals surface area contributed by atoms with Crippen molar-refractivity contribution in [3.05, 3.63) is 241 Å². The molecule has 0 fully saturated rings. The Kier molecular flexibility index (Phi) is 7.01. The Morgan fingerprint density at radius 1 is 0.397 bits per heavy atom. The van der Waals surface area contributed by atoms with E-state index in [0.29, 0.717) is 0 Å². The van der Waals surface area contributed by atoms with Crippen molar-refractivity contribution in [1.29, 1.82) is 0 Å². The van der Waals surface area contributed by atoms with Crippen LogP contribution in [0.3, 0.4) is 0 Å². The Labute approximate surface area is 363 Å². The van der Waals surface area contributed by atoms with Gasteiger partial charge in [0.15, 0.2) is 0 Å². The van der Waals surface area contributed by atoms with Crippen LogP contribution in [0.15, 0.2) is 223 Å². The van der Waals surface area contributed by atoms with E-state index in [1.54, 1.807) is 0 Å². The fourth-order valence-electron chi connectivity index (χ4n) is 11.1. The molecule has 1 spiro atoms. The summed E-state index contributed by atoms with van der Waals surface area (Å²) in [6.07, 6.45) is 0. The van der Waals surface area contributed by atoms with Crippen LogP contribution < -0.4 is 9.64 Å². The molecular formula is C59H36N2O2. The minimum Gasteiger partial charge on any atom is -0.457 e. The zero-order valence-corrected chi connectivity index (χ0v) is 34.0. The highest BCUT2D eigenvalue weighted by molar-refractivity contribution is 6.15. The average Bonchev–Trinajstić information content (AvgIpc) is 3.89. The summed E-state index contributed by atoms with van der Waals surface area (Å²) in [6, 6.07) is 79.1. The van der Waals surface area contributed by atoms with Crippen molar-refractivity contribution >= 4 is 71.6 Å². The molecule has 14 rings (SSSR count). The average molecular weight is 805 g/mol. The molecule has 0 N–H and O–H groups in total. The van der Waals surface area contributed by atoms with Crippen LogP contribution in [0, 0.1) is 0 Å². The van der Waals surface area contributed by atoms with Crippen molar-refractivity contribution in [1.82, 2.24) is 4.57 Å². The van der Waals surface area contributed by atoms with E-state index in [0.717, 1.165) is 72.8 Å². The molecule has 4 nitrogen and oxygen atoms in total. The van der Waals surface area contributed by atoms with Crippen molar-refractivity contribution in [2.75, 3.05) is 4.90 Å². The number of fused-ring (bicyclic) bond motifs is 14. The lowest BCUT2D eigenvalue weighted by molar-refractivity contribution is 0.435. The number of hydrogen-bond donors (Lipinski definition) is 0. The Morgan fingerprint density at radius 2 is 1.03 bits per heavy atom. The lowest BCUT2D eigenvalue weighted by Crippen LogP contribution is -2.36. The lowest BCUT2D eigenvalue weighted by Gasteiger charge is -2.45. The minimum atomic E-state index is -0.683. The van der Waals surface area contributed by atoms with Crippen LogP contribution in [-0.2, 0) is 5.41 Å². The van der Waals surface area contributed by atoms with Gasteiger partial charge in [-0.25, -0.2) is 0 Å². The van der Waals surface area contributed by atoms with E-state index in [4.69, 9.17) is 9.15 Å². The summed E-state index contributed by atoms with van der Waals surface area (Å²) in [5.74, 6) is 1.74. The maximum atomic E-state index is 6.79. The van der Waals surface area contributed by atoms with Crippen LogP contribution in [-0.4, -0.2) is 4.57 Å². The molecular weight excluding hydrogens is 769 g/mol. The van der Waals surface area contributed by atoms with E-state index in [1.807, 2.05) is 6.07 Å². The van der Waals surface area contributed by atoms with Crippen LogP contribution in [0.2, 0.25) is 0 Å². The molecule has 0 amide bonds. The number of anilines is 3. The predicted molar refractivity (Wildman–Crippen MR) is 258 cm³/mol. The molecule has 0 radical (unpaired) electrons. The highest BCUT2D eigenvalue weighted by Crippen LogP contribution is 2.62. The molecule has 0 unspecified atom stereocenters. The van der Waals surface area contributed by atoms with E-state index < -0.39 is 5.41 Å². The predicted octanol–water partition coefficient (Wildman–Crippen LogP) is 15.8. The fourth-order valence-corrected chi connectivity index (χ4v) is 11.1. The van der Waals surface area contributed by atoms with Crippen LogP contribution in [0.1, 0.15) is 22.3 Å². The van der Waals surface area contributed by atoms with Gasteiger partial charge >= 0.3 is 0 Å². The summed E-state index contributed by atoms with van der Waals surface area (Å²) in [6.45, 7) is 0. The summed E-state index contributed by atoms with van der Waals surface area (Å²) in [5.41, 5.74) is 14.8.